The topological polar surface area (TPSA) is 96.8 Å². The van der Waals surface area contributed by atoms with Gasteiger partial charge in [-0.15, -0.1) is 0 Å². The third kappa shape index (κ3) is 5.98. The third-order valence-corrected chi connectivity index (χ3v) is 9.95. The van der Waals surface area contributed by atoms with Gasteiger partial charge >= 0.3 is 5.97 Å². The van der Waals surface area contributed by atoms with E-state index in [1.807, 2.05) is 42.5 Å². The van der Waals surface area contributed by atoms with Crippen LogP contribution in [0.3, 0.4) is 0 Å². The number of carbonyl (C=O) groups is 3. The van der Waals surface area contributed by atoms with Gasteiger partial charge in [-0.1, -0.05) is 60.6 Å². The number of rotatable bonds is 5. The third-order valence-electron chi connectivity index (χ3n) is 9.02. The number of thiazole rings is 1. The van der Waals surface area contributed by atoms with E-state index in [0.29, 0.717) is 24.5 Å². The van der Waals surface area contributed by atoms with Crippen LogP contribution in [0, 0.1) is 23.1 Å². The van der Waals surface area contributed by atoms with Gasteiger partial charge in [-0.05, 0) is 67.9 Å². The predicted octanol–water partition coefficient (Wildman–Crippen LogP) is 6.21. The number of carbonyl (C=O) groups excluding carboxylic acids is 2. The lowest BCUT2D eigenvalue weighted by Crippen LogP contribution is -2.45. The molecule has 9 heteroatoms. The van der Waals surface area contributed by atoms with Gasteiger partial charge in [0.2, 0.25) is 5.91 Å². The molecule has 0 bridgehead atoms. The first-order valence-corrected chi connectivity index (χ1v) is 15.6. The largest absolute Gasteiger partial charge is 0.481 e. The minimum Gasteiger partial charge on any atom is -0.481 e. The molecular weight excluding hydrogens is 555 g/mol. The van der Waals surface area contributed by atoms with Gasteiger partial charge in [0.05, 0.1) is 28.2 Å². The molecule has 1 amide bonds. The molecule has 1 aliphatic carbocycles. The van der Waals surface area contributed by atoms with E-state index < -0.39 is 29.4 Å². The highest BCUT2D eigenvalue weighted by molar-refractivity contribution is 7.20. The van der Waals surface area contributed by atoms with Crippen LogP contribution in [0.15, 0.2) is 60.7 Å². The molecular formula is C33H35FN2O5S. The number of ketones is 1. The maximum Gasteiger partial charge on any atom is 0.310 e. The standard InChI is InChI=1S/C33H35FN2O5S/c34-24-12-8-9-21(16-24)15-22-10-4-2-1-3-5-11-23-18-33(23,31(39)40)19-28(37)27-17-25(20-36(27)30(22)38)41-32-35-26-13-6-7-14-29(26)42-32/h5-9,11-14,16,22-23,25,27H,1-4,10,15,17-20H2,(H,39,40)/b11-5-/t22-,23-,25-,27+,33-/m1/s1. The summed E-state index contributed by atoms with van der Waals surface area (Å²) in [7, 11) is 0. The number of nitrogens with zero attached hydrogens (tertiary/aromatic N) is 2. The molecule has 2 aliphatic heterocycles. The number of para-hydroxylation sites is 1. The van der Waals surface area contributed by atoms with Crippen molar-refractivity contribution >= 4 is 39.2 Å². The molecule has 1 saturated heterocycles. The zero-order valence-corrected chi connectivity index (χ0v) is 24.2. The van der Waals surface area contributed by atoms with Crippen molar-refractivity contribution in [2.45, 2.75) is 69.9 Å². The second-order valence-corrected chi connectivity index (χ2v) is 12.9. The molecule has 5 atom stereocenters. The van der Waals surface area contributed by atoms with Crippen molar-refractivity contribution in [3.63, 3.8) is 0 Å². The number of hydrogen-bond acceptors (Lipinski definition) is 6. The fourth-order valence-electron chi connectivity index (χ4n) is 6.60. The van der Waals surface area contributed by atoms with Crippen molar-refractivity contribution in [1.29, 1.82) is 0 Å². The van der Waals surface area contributed by atoms with E-state index in [0.717, 1.165) is 41.5 Å². The van der Waals surface area contributed by atoms with Crippen LogP contribution < -0.4 is 4.74 Å². The molecule has 0 spiro atoms. The van der Waals surface area contributed by atoms with E-state index in [1.165, 1.54) is 23.5 Å². The molecule has 7 nitrogen and oxygen atoms in total. The molecule has 1 saturated carbocycles. The fraction of sp³-hybridized carbons (Fsp3) is 0.455. The number of aliphatic carboxylic acids is 1. The molecule has 1 aromatic heterocycles. The highest BCUT2D eigenvalue weighted by atomic mass is 32.1. The van der Waals surface area contributed by atoms with Crippen LogP contribution in [-0.4, -0.2) is 51.3 Å². The second kappa shape index (κ2) is 12.0. The monoisotopic (exact) mass is 590 g/mol. The number of ether oxygens (including phenoxy) is 1. The molecule has 220 valence electrons. The van der Waals surface area contributed by atoms with Crippen molar-refractivity contribution in [1.82, 2.24) is 9.88 Å². The minimum atomic E-state index is -1.12. The quantitative estimate of drug-likeness (QED) is 0.355. The van der Waals surface area contributed by atoms with Crippen molar-refractivity contribution in [2.24, 2.45) is 17.3 Å². The molecule has 3 aliphatic rings. The number of carboxylic acids is 1. The number of hydrogen-bond donors (Lipinski definition) is 1. The number of allylic oxidation sites excluding steroid dienone is 2. The summed E-state index contributed by atoms with van der Waals surface area (Å²) in [5.41, 5.74) is 0.447. The Kier molecular flexibility index (Phi) is 8.12. The number of benzene rings is 2. The summed E-state index contributed by atoms with van der Waals surface area (Å²) in [5.74, 6) is -2.30. The summed E-state index contributed by atoms with van der Waals surface area (Å²) in [6.07, 6.45) is 8.68. The van der Waals surface area contributed by atoms with Gasteiger partial charge in [0, 0.05) is 18.8 Å². The zero-order valence-electron chi connectivity index (χ0n) is 23.4. The van der Waals surface area contributed by atoms with E-state index in [-0.39, 0.29) is 42.8 Å². The van der Waals surface area contributed by atoms with Crippen molar-refractivity contribution in [2.75, 3.05) is 6.54 Å². The summed E-state index contributed by atoms with van der Waals surface area (Å²) >= 11 is 1.42. The number of Topliss-reactive ketones (excluding diaryl/α,β-unsaturated/α-hetero) is 1. The van der Waals surface area contributed by atoms with Crippen molar-refractivity contribution in [3.05, 3.63) is 72.1 Å². The Morgan fingerprint density at radius 1 is 1.14 bits per heavy atom. The van der Waals surface area contributed by atoms with Crippen LogP contribution in [0.1, 0.15) is 56.9 Å². The smallest absolute Gasteiger partial charge is 0.310 e. The van der Waals surface area contributed by atoms with E-state index in [2.05, 4.69) is 4.98 Å². The number of halogens is 1. The van der Waals surface area contributed by atoms with Crippen LogP contribution in [0.5, 0.6) is 5.19 Å². The van der Waals surface area contributed by atoms with E-state index in [9.17, 15) is 23.9 Å². The minimum absolute atomic E-state index is 0.117. The highest BCUT2D eigenvalue weighted by Gasteiger charge is 2.61. The second-order valence-electron chi connectivity index (χ2n) is 11.9. The summed E-state index contributed by atoms with van der Waals surface area (Å²) in [6, 6.07) is 13.3. The van der Waals surface area contributed by atoms with Gasteiger partial charge < -0.3 is 14.7 Å². The molecule has 2 aromatic carbocycles. The average molecular weight is 591 g/mol. The maximum absolute atomic E-state index is 14.2. The first-order chi connectivity index (χ1) is 20.3. The molecule has 3 heterocycles. The normalized spacial score (nSPS) is 29.3. The SMILES string of the molecule is O=C1C[C@]2(C(=O)O)C[C@H]2/C=C\CCCCC[C@H](Cc2cccc(F)c2)C(=O)N2C[C@H](Oc3nc4ccccc4s3)C[C@@H]12. The predicted molar refractivity (Wildman–Crippen MR) is 158 cm³/mol. The van der Waals surface area contributed by atoms with Crippen LogP contribution >= 0.6 is 11.3 Å². The van der Waals surface area contributed by atoms with Gasteiger partial charge in [0.25, 0.3) is 5.19 Å². The van der Waals surface area contributed by atoms with Crippen molar-refractivity contribution < 1.29 is 28.6 Å². The zero-order chi connectivity index (χ0) is 29.3. The number of fused-ring (bicyclic) bond motifs is 3. The lowest BCUT2D eigenvalue weighted by atomic mass is 9.90. The van der Waals surface area contributed by atoms with Crippen LogP contribution in [0.25, 0.3) is 10.2 Å². The van der Waals surface area contributed by atoms with Crippen LogP contribution in [0.4, 0.5) is 4.39 Å². The first-order valence-electron chi connectivity index (χ1n) is 14.8. The Hall–Kier alpha value is -3.59. The lowest BCUT2D eigenvalue weighted by Gasteiger charge is -2.29. The van der Waals surface area contributed by atoms with Gasteiger partial charge in [0.15, 0.2) is 5.78 Å². The number of aromatic nitrogens is 1. The van der Waals surface area contributed by atoms with E-state index in [1.54, 1.807) is 11.0 Å². The molecule has 0 unspecified atom stereocenters. The summed E-state index contributed by atoms with van der Waals surface area (Å²) in [4.78, 5) is 46.7. The highest BCUT2D eigenvalue weighted by Crippen LogP contribution is 2.57. The molecule has 6 rings (SSSR count). The Morgan fingerprint density at radius 3 is 2.81 bits per heavy atom. The van der Waals surface area contributed by atoms with Gasteiger partial charge in [-0.3, -0.25) is 14.4 Å². The Balaban J connectivity index is 1.29. The summed E-state index contributed by atoms with van der Waals surface area (Å²) in [6.45, 7) is 0.216. The molecule has 0 radical (unpaired) electrons. The van der Waals surface area contributed by atoms with Gasteiger partial charge in [-0.25, -0.2) is 9.37 Å². The Bertz CT molecular complexity index is 1490. The van der Waals surface area contributed by atoms with Crippen LogP contribution in [-0.2, 0) is 20.8 Å². The first kappa shape index (κ1) is 28.5. The average Bonchev–Trinajstić information content (AvgIpc) is 3.28. The Morgan fingerprint density at radius 2 is 2.00 bits per heavy atom. The molecule has 42 heavy (non-hydrogen) atoms. The number of amides is 1. The lowest BCUT2D eigenvalue weighted by molar-refractivity contribution is -0.147. The summed E-state index contributed by atoms with van der Waals surface area (Å²) in [5, 5.41) is 10.6. The molecule has 3 aromatic rings. The van der Waals surface area contributed by atoms with Crippen LogP contribution in [0.2, 0.25) is 0 Å². The van der Waals surface area contributed by atoms with Crippen molar-refractivity contribution in [3.8, 4) is 5.19 Å². The van der Waals surface area contributed by atoms with E-state index in [4.69, 9.17) is 4.74 Å². The molecule has 1 N–H and O–H groups in total. The maximum atomic E-state index is 14.2. The van der Waals surface area contributed by atoms with E-state index >= 15 is 0 Å². The summed E-state index contributed by atoms with van der Waals surface area (Å²) < 4.78 is 21.3. The van der Waals surface area contributed by atoms with Gasteiger partial charge in [0.1, 0.15) is 11.9 Å². The number of carboxylic acid groups (broad SMARTS) is 1. The Labute approximate surface area is 248 Å². The molecule has 2 fully saturated rings. The van der Waals surface area contributed by atoms with Gasteiger partial charge in [-0.2, -0.15) is 0 Å². The fourth-order valence-corrected chi connectivity index (χ4v) is 7.48.